The average molecular weight is 478 g/mol. The number of hydrogen-bond donors (Lipinski definition) is 1. The summed E-state index contributed by atoms with van der Waals surface area (Å²) in [6.45, 7) is 12.8. The molecule has 2 aliphatic rings. The van der Waals surface area contributed by atoms with Crippen LogP contribution in [0.15, 0.2) is 30.5 Å². The number of rotatable bonds is 6. The lowest BCUT2D eigenvalue weighted by Gasteiger charge is -2.33. The van der Waals surface area contributed by atoms with Crippen molar-refractivity contribution in [1.29, 1.82) is 0 Å². The highest BCUT2D eigenvalue weighted by atomic mass is 16.6. The van der Waals surface area contributed by atoms with Crippen molar-refractivity contribution in [2.24, 2.45) is 5.92 Å². The van der Waals surface area contributed by atoms with E-state index in [1.165, 1.54) is 0 Å². The summed E-state index contributed by atoms with van der Waals surface area (Å²) in [5.41, 5.74) is 2.91. The SMILES string of the molecule is CC(C)CN1CCC(NC(=O)c2cc(-c3ccc4c(c3)OCCO4)nc3c2cnn3C(C)C)CC1. The zero-order valence-corrected chi connectivity index (χ0v) is 21.1. The number of benzene rings is 1. The molecule has 0 atom stereocenters. The largest absolute Gasteiger partial charge is 0.486 e. The summed E-state index contributed by atoms with van der Waals surface area (Å²) in [7, 11) is 0. The minimum atomic E-state index is -0.0678. The van der Waals surface area contributed by atoms with Gasteiger partial charge in [0.1, 0.15) is 13.2 Å². The number of carbonyl (C=O) groups is 1. The first-order chi connectivity index (χ1) is 16.9. The second-order valence-corrected chi connectivity index (χ2v) is 10.3. The Hall–Kier alpha value is -3.13. The maximum absolute atomic E-state index is 13.5. The number of nitrogens with one attached hydrogen (secondary N) is 1. The Morgan fingerprint density at radius 1 is 1.09 bits per heavy atom. The highest BCUT2D eigenvalue weighted by Crippen LogP contribution is 2.35. The molecule has 0 unspecified atom stereocenters. The fourth-order valence-corrected chi connectivity index (χ4v) is 4.97. The Morgan fingerprint density at radius 2 is 1.83 bits per heavy atom. The van der Waals surface area contributed by atoms with E-state index in [9.17, 15) is 4.79 Å². The zero-order chi connectivity index (χ0) is 24.5. The molecule has 8 heteroatoms. The summed E-state index contributed by atoms with van der Waals surface area (Å²) >= 11 is 0. The van der Waals surface area contributed by atoms with E-state index in [4.69, 9.17) is 14.5 Å². The standard InChI is InChI=1S/C27H35N5O3/c1-17(2)16-31-9-7-20(8-10-31)29-27(33)21-14-23(30-26-22(21)15-28-32(26)18(3)4)19-5-6-24-25(13-19)35-12-11-34-24/h5-6,13-15,17-18,20H,7-12,16H2,1-4H3,(H,29,33). The van der Waals surface area contributed by atoms with Crippen molar-refractivity contribution < 1.29 is 14.3 Å². The summed E-state index contributed by atoms with van der Waals surface area (Å²) in [5.74, 6) is 2.02. The maximum Gasteiger partial charge on any atom is 0.252 e. The Kier molecular flexibility index (Phi) is 6.65. The molecule has 3 aromatic rings. The molecular formula is C27H35N5O3. The summed E-state index contributed by atoms with van der Waals surface area (Å²) < 4.78 is 13.3. The van der Waals surface area contributed by atoms with Crippen LogP contribution in [0.2, 0.25) is 0 Å². The second kappa shape index (κ2) is 9.85. The van der Waals surface area contributed by atoms with Gasteiger partial charge in [-0.05, 0) is 56.9 Å². The van der Waals surface area contributed by atoms with Gasteiger partial charge in [-0.25, -0.2) is 9.67 Å². The smallest absolute Gasteiger partial charge is 0.252 e. The summed E-state index contributed by atoms with van der Waals surface area (Å²) in [4.78, 5) is 21.0. The second-order valence-electron chi connectivity index (χ2n) is 10.3. The number of aromatic nitrogens is 3. The third-order valence-corrected chi connectivity index (χ3v) is 6.68. The van der Waals surface area contributed by atoms with Gasteiger partial charge in [-0.3, -0.25) is 4.79 Å². The number of amides is 1. The van der Waals surface area contributed by atoms with Gasteiger partial charge in [-0.2, -0.15) is 5.10 Å². The predicted molar refractivity (Wildman–Crippen MR) is 136 cm³/mol. The maximum atomic E-state index is 13.5. The van der Waals surface area contributed by atoms with E-state index in [1.807, 2.05) is 28.9 Å². The lowest BCUT2D eigenvalue weighted by atomic mass is 10.0. The van der Waals surface area contributed by atoms with Gasteiger partial charge >= 0.3 is 0 Å². The van der Waals surface area contributed by atoms with Crippen LogP contribution in [-0.4, -0.2) is 64.5 Å². The molecule has 2 aliphatic heterocycles. The topological polar surface area (TPSA) is 81.5 Å². The van der Waals surface area contributed by atoms with Gasteiger partial charge in [-0.15, -0.1) is 0 Å². The Balaban J connectivity index is 1.45. The van der Waals surface area contributed by atoms with Crippen LogP contribution in [0.1, 0.15) is 56.9 Å². The molecule has 1 aromatic carbocycles. The van der Waals surface area contributed by atoms with E-state index in [0.29, 0.717) is 41.8 Å². The number of hydrogen-bond acceptors (Lipinski definition) is 6. The molecule has 35 heavy (non-hydrogen) atoms. The molecule has 1 N–H and O–H groups in total. The molecule has 4 heterocycles. The fraction of sp³-hybridized carbons (Fsp3) is 0.519. The quantitative estimate of drug-likeness (QED) is 0.570. The van der Waals surface area contributed by atoms with Crippen LogP contribution in [0.5, 0.6) is 11.5 Å². The molecule has 1 saturated heterocycles. The number of nitrogens with zero attached hydrogens (tertiary/aromatic N) is 4. The average Bonchev–Trinajstić information content (AvgIpc) is 3.28. The number of fused-ring (bicyclic) bond motifs is 2. The molecule has 0 bridgehead atoms. The van der Waals surface area contributed by atoms with Crippen LogP contribution in [0.25, 0.3) is 22.3 Å². The van der Waals surface area contributed by atoms with Crippen LogP contribution in [0.3, 0.4) is 0 Å². The Labute approximate surface area is 206 Å². The van der Waals surface area contributed by atoms with Crippen LogP contribution in [0.4, 0.5) is 0 Å². The van der Waals surface area contributed by atoms with E-state index in [2.05, 4.69) is 43.0 Å². The first kappa shape index (κ1) is 23.6. The monoisotopic (exact) mass is 477 g/mol. The molecule has 186 valence electrons. The van der Waals surface area contributed by atoms with Crippen LogP contribution >= 0.6 is 0 Å². The number of ether oxygens (including phenoxy) is 2. The number of carbonyl (C=O) groups excluding carboxylic acids is 1. The van der Waals surface area contributed by atoms with Crippen molar-refractivity contribution in [2.45, 2.75) is 52.6 Å². The molecule has 1 fully saturated rings. The molecule has 0 saturated carbocycles. The van der Waals surface area contributed by atoms with E-state index in [-0.39, 0.29) is 18.0 Å². The highest BCUT2D eigenvalue weighted by molar-refractivity contribution is 6.06. The normalized spacial score (nSPS) is 16.9. The van der Waals surface area contributed by atoms with Gasteiger partial charge in [0.25, 0.3) is 5.91 Å². The van der Waals surface area contributed by atoms with Crippen molar-refractivity contribution >= 4 is 16.9 Å². The van der Waals surface area contributed by atoms with Crippen molar-refractivity contribution in [1.82, 2.24) is 25.0 Å². The van der Waals surface area contributed by atoms with Gasteiger partial charge in [0.05, 0.1) is 22.8 Å². The van der Waals surface area contributed by atoms with Crippen LogP contribution < -0.4 is 14.8 Å². The zero-order valence-electron chi connectivity index (χ0n) is 21.1. The fourth-order valence-electron chi connectivity index (χ4n) is 4.97. The molecule has 2 aromatic heterocycles. The lowest BCUT2D eigenvalue weighted by molar-refractivity contribution is 0.0909. The van der Waals surface area contributed by atoms with E-state index in [0.717, 1.165) is 49.2 Å². The molecule has 0 aliphatic carbocycles. The first-order valence-corrected chi connectivity index (χ1v) is 12.7. The van der Waals surface area contributed by atoms with Gasteiger partial charge in [-0.1, -0.05) is 13.8 Å². The minimum Gasteiger partial charge on any atom is -0.486 e. The van der Waals surface area contributed by atoms with Crippen molar-refractivity contribution in [3.63, 3.8) is 0 Å². The number of likely N-dealkylation sites (tertiary alicyclic amines) is 1. The summed E-state index contributed by atoms with van der Waals surface area (Å²) in [5, 5.41) is 8.62. The van der Waals surface area contributed by atoms with E-state index < -0.39 is 0 Å². The van der Waals surface area contributed by atoms with Gasteiger partial charge in [0, 0.05) is 37.3 Å². The van der Waals surface area contributed by atoms with Gasteiger partial charge in [0.15, 0.2) is 17.1 Å². The summed E-state index contributed by atoms with van der Waals surface area (Å²) in [6, 6.07) is 7.97. The van der Waals surface area contributed by atoms with Gasteiger partial charge < -0.3 is 19.7 Å². The highest BCUT2D eigenvalue weighted by Gasteiger charge is 2.24. The van der Waals surface area contributed by atoms with Crippen molar-refractivity contribution in [3.05, 3.63) is 36.0 Å². The van der Waals surface area contributed by atoms with E-state index >= 15 is 0 Å². The minimum absolute atomic E-state index is 0.0678. The lowest BCUT2D eigenvalue weighted by Crippen LogP contribution is -2.45. The van der Waals surface area contributed by atoms with E-state index in [1.54, 1.807) is 6.20 Å². The van der Waals surface area contributed by atoms with Gasteiger partial charge in [0.2, 0.25) is 0 Å². The first-order valence-electron chi connectivity index (χ1n) is 12.7. The van der Waals surface area contributed by atoms with Crippen molar-refractivity contribution in [2.75, 3.05) is 32.8 Å². The Bertz CT molecular complexity index is 1210. The predicted octanol–water partition coefficient (Wildman–Crippen LogP) is 4.30. The molecule has 8 nitrogen and oxygen atoms in total. The molecule has 0 spiro atoms. The third-order valence-electron chi connectivity index (χ3n) is 6.68. The summed E-state index contributed by atoms with van der Waals surface area (Å²) in [6.07, 6.45) is 3.69. The molecular weight excluding hydrogens is 442 g/mol. The van der Waals surface area contributed by atoms with Crippen LogP contribution in [-0.2, 0) is 0 Å². The number of piperidine rings is 1. The van der Waals surface area contributed by atoms with Crippen LogP contribution in [0, 0.1) is 5.92 Å². The molecule has 0 radical (unpaired) electrons. The molecule has 1 amide bonds. The Morgan fingerprint density at radius 3 is 2.54 bits per heavy atom. The van der Waals surface area contributed by atoms with Crippen molar-refractivity contribution in [3.8, 4) is 22.8 Å². The number of pyridine rings is 1. The molecule has 5 rings (SSSR count). The third kappa shape index (κ3) is 4.98.